The third kappa shape index (κ3) is 3.65. The van der Waals surface area contributed by atoms with Gasteiger partial charge in [0.2, 0.25) is 11.8 Å². The Bertz CT molecular complexity index is 383. The van der Waals surface area contributed by atoms with Gasteiger partial charge in [-0.25, -0.2) is 4.79 Å². The molecule has 8 heteroatoms. The van der Waals surface area contributed by atoms with E-state index in [1.54, 1.807) is 0 Å². The van der Waals surface area contributed by atoms with Crippen LogP contribution in [0.4, 0.5) is 0 Å². The molecule has 2 amide bonds. The van der Waals surface area contributed by atoms with Crippen LogP contribution in [-0.2, 0) is 14.4 Å². The molecule has 1 aliphatic rings. The lowest BCUT2D eigenvalue weighted by molar-refractivity contribution is -0.146. The minimum atomic E-state index is -1.45. The first-order valence-corrected chi connectivity index (χ1v) is 5.90. The van der Waals surface area contributed by atoms with Crippen LogP contribution in [0.5, 0.6) is 0 Å². The molecule has 8 nitrogen and oxygen atoms in total. The summed E-state index contributed by atoms with van der Waals surface area (Å²) >= 11 is 0. The van der Waals surface area contributed by atoms with Gasteiger partial charge in [-0.3, -0.25) is 9.59 Å². The molecule has 4 atom stereocenters. The Morgan fingerprint density at radius 3 is 2.37 bits per heavy atom. The van der Waals surface area contributed by atoms with Crippen molar-refractivity contribution >= 4 is 17.8 Å². The Hall–Kier alpha value is -1.67. The van der Waals surface area contributed by atoms with Crippen LogP contribution in [0.3, 0.4) is 0 Å². The molecule has 1 saturated heterocycles. The zero-order valence-electron chi connectivity index (χ0n) is 10.7. The number of nitrogens with one attached hydrogen (secondary N) is 1. The molecule has 1 heterocycles. The van der Waals surface area contributed by atoms with Crippen LogP contribution in [0.1, 0.15) is 20.3 Å². The molecule has 1 fully saturated rings. The third-order valence-corrected chi connectivity index (χ3v) is 3.03. The lowest BCUT2D eigenvalue weighted by Gasteiger charge is -2.24. The van der Waals surface area contributed by atoms with E-state index in [9.17, 15) is 24.6 Å². The summed E-state index contributed by atoms with van der Waals surface area (Å²) in [6.07, 6.45) is -2.02. The number of aliphatic hydroxyl groups is 2. The molecular weight excluding hydrogens is 256 g/mol. The predicted octanol–water partition coefficient (Wildman–Crippen LogP) is -2.08. The minimum absolute atomic E-state index is 0.0415. The Kier molecular flexibility index (Phi) is 4.84. The van der Waals surface area contributed by atoms with Crippen molar-refractivity contribution in [1.82, 2.24) is 10.2 Å². The van der Waals surface area contributed by atoms with Gasteiger partial charge in [0, 0.05) is 19.9 Å². The van der Waals surface area contributed by atoms with E-state index in [0.29, 0.717) is 0 Å². The zero-order valence-corrected chi connectivity index (χ0v) is 10.7. The maximum atomic E-state index is 11.9. The number of aliphatic hydroxyl groups excluding tert-OH is 2. The Balaban J connectivity index is 2.76. The fourth-order valence-electron chi connectivity index (χ4n) is 2.05. The van der Waals surface area contributed by atoms with Crippen LogP contribution in [0, 0.1) is 0 Å². The standard InChI is InChI=1S/C11H18N2O6/c1-5(14)9(11(18)19)12-10(17)8-3-7(16)4-13(8)6(2)15/h5,7-9,14,16H,3-4H2,1-2H3,(H,12,17)(H,18,19). The van der Waals surface area contributed by atoms with Gasteiger partial charge in [-0.1, -0.05) is 0 Å². The van der Waals surface area contributed by atoms with E-state index >= 15 is 0 Å². The molecule has 0 aromatic rings. The SMILES string of the molecule is CC(=O)N1CC(O)CC1C(=O)NC(C(=O)O)C(C)O. The summed E-state index contributed by atoms with van der Waals surface area (Å²) in [5, 5.41) is 29.8. The van der Waals surface area contributed by atoms with E-state index in [2.05, 4.69) is 5.32 Å². The van der Waals surface area contributed by atoms with Crippen molar-refractivity contribution in [3.05, 3.63) is 0 Å². The fraction of sp³-hybridized carbons (Fsp3) is 0.727. The van der Waals surface area contributed by atoms with Crippen molar-refractivity contribution in [2.24, 2.45) is 0 Å². The average molecular weight is 274 g/mol. The predicted molar refractivity (Wildman–Crippen MR) is 63.0 cm³/mol. The first kappa shape index (κ1) is 15.4. The number of rotatable bonds is 4. The summed E-state index contributed by atoms with van der Waals surface area (Å²) in [5.41, 5.74) is 0. The molecule has 4 N–H and O–H groups in total. The second-order valence-electron chi connectivity index (χ2n) is 4.64. The number of β-amino-alcohol motifs (C(OH)–C–C–N with tert-alkyl or cyclic N) is 1. The van der Waals surface area contributed by atoms with Gasteiger partial charge in [-0.2, -0.15) is 0 Å². The number of carboxylic acids is 1. The van der Waals surface area contributed by atoms with Crippen LogP contribution in [0.2, 0.25) is 0 Å². The first-order valence-electron chi connectivity index (χ1n) is 5.90. The lowest BCUT2D eigenvalue weighted by Crippen LogP contribution is -2.53. The molecule has 1 rings (SSSR count). The zero-order chi connectivity index (χ0) is 14.7. The molecule has 0 saturated carbocycles. The number of carbonyl (C=O) groups is 3. The highest BCUT2D eigenvalue weighted by atomic mass is 16.4. The van der Waals surface area contributed by atoms with Gasteiger partial charge in [-0.15, -0.1) is 0 Å². The van der Waals surface area contributed by atoms with Gasteiger partial charge in [0.1, 0.15) is 6.04 Å². The molecule has 0 aromatic heterocycles. The quantitative estimate of drug-likeness (QED) is 0.466. The number of nitrogens with zero attached hydrogens (tertiary/aromatic N) is 1. The van der Waals surface area contributed by atoms with Crippen molar-refractivity contribution in [3.63, 3.8) is 0 Å². The van der Waals surface area contributed by atoms with E-state index in [-0.39, 0.29) is 18.9 Å². The second-order valence-corrected chi connectivity index (χ2v) is 4.64. The molecule has 0 spiro atoms. The van der Waals surface area contributed by atoms with Gasteiger partial charge in [0.15, 0.2) is 6.04 Å². The highest BCUT2D eigenvalue weighted by molar-refractivity contribution is 5.90. The summed E-state index contributed by atoms with van der Waals surface area (Å²) in [5.74, 6) is -2.43. The monoisotopic (exact) mass is 274 g/mol. The Labute approximate surface area is 110 Å². The van der Waals surface area contributed by atoms with Crippen LogP contribution in [0.25, 0.3) is 0 Å². The van der Waals surface area contributed by atoms with E-state index in [4.69, 9.17) is 5.11 Å². The number of likely N-dealkylation sites (tertiary alicyclic amines) is 1. The largest absolute Gasteiger partial charge is 0.480 e. The highest BCUT2D eigenvalue weighted by Crippen LogP contribution is 2.18. The molecule has 0 aromatic carbocycles. The number of carboxylic acid groups (broad SMARTS) is 1. The van der Waals surface area contributed by atoms with E-state index in [1.165, 1.54) is 18.7 Å². The van der Waals surface area contributed by atoms with Crippen molar-refractivity contribution in [2.75, 3.05) is 6.54 Å². The molecule has 0 aliphatic carbocycles. The summed E-state index contributed by atoms with van der Waals surface area (Å²) in [6, 6.07) is -2.35. The summed E-state index contributed by atoms with van der Waals surface area (Å²) in [7, 11) is 0. The van der Waals surface area contributed by atoms with E-state index in [0.717, 1.165) is 0 Å². The van der Waals surface area contributed by atoms with Gasteiger partial charge in [0.25, 0.3) is 0 Å². The van der Waals surface area contributed by atoms with Crippen molar-refractivity contribution in [3.8, 4) is 0 Å². The summed E-state index contributed by atoms with van der Waals surface area (Å²) in [6.45, 7) is 2.55. The number of hydrogen-bond acceptors (Lipinski definition) is 5. The third-order valence-electron chi connectivity index (χ3n) is 3.03. The molecule has 1 aliphatic heterocycles. The molecule has 0 radical (unpaired) electrons. The Morgan fingerprint density at radius 1 is 1.37 bits per heavy atom. The fourth-order valence-corrected chi connectivity index (χ4v) is 2.05. The maximum absolute atomic E-state index is 11.9. The van der Waals surface area contributed by atoms with Crippen LogP contribution >= 0.6 is 0 Å². The summed E-state index contributed by atoms with van der Waals surface area (Å²) in [4.78, 5) is 35.3. The van der Waals surface area contributed by atoms with Crippen LogP contribution < -0.4 is 5.32 Å². The van der Waals surface area contributed by atoms with Crippen molar-refractivity contribution < 1.29 is 29.7 Å². The Morgan fingerprint density at radius 2 is 1.95 bits per heavy atom. The maximum Gasteiger partial charge on any atom is 0.328 e. The van der Waals surface area contributed by atoms with Gasteiger partial charge < -0.3 is 25.5 Å². The topological polar surface area (TPSA) is 127 Å². The van der Waals surface area contributed by atoms with Crippen molar-refractivity contribution in [2.45, 2.75) is 44.6 Å². The first-order chi connectivity index (χ1) is 8.73. The number of hydrogen-bond donors (Lipinski definition) is 4. The molecular formula is C11H18N2O6. The van der Waals surface area contributed by atoms with Crippen LogP contribution in [0.15, 0.2) is 0 Å². The molecule has 19 heavy (non-hydrogen) atoms. The van der Waals surface area contributed by atoms with E-state index in [1.807, 2.05) is 0 Å². The van der Waals surface area contributed by atoms with E-state index < -0.39 is 36.2 Å². The highest BCUT2D eigenvalue weighted by Gasteiger charge is 2.39. The normalized spacial score (nSPS) is 25.8. The number of aliphatic carboxylic acids is 1. The number of amides is 2. The minimum Gasteiger partial charge on any atom is -0.480 e. The average Bonchev–Trinajstić information content (AvgIpc) is 2.67. The molecule has 0 bridgehead atoms. The number of carbonyl (C=O) groups excluding carboxylic acids is 2. The molecule has 4 unspecified atom stereocenters. The van der Waals surface area contributed by atoms with Gasteiger partial charge in [0.05, 0.1) is 12.2 Å². The lowest BCUT2D eigenvalue weighted by atomic mass is 10.1. The summed E-state index contributed by atoms with van der Waals surface area (Å²) < 4.78 is 0. The van der Waals surface area contributed by atoms with Crippen molar-refractivity contribution in [1.29, 1.82) is 0 Å². The van der Waals surface area contributed by atoms with Crippen LogP contribution in [-0.4, -0.2) is 68.8 Å². The van der Waals surface area contributed by atoms with Gasteiger partial charge >= 0.3 is 5.97 Å². The second kappa shape index (κ2) is 5.98. The molecule has 108 valence electrons. The smallest absolute Gasteiger partial charge is 0.328 e. The van der Waals surface area contributed by atoms with Gasteiger partial charge in [-0.05, 0) is 6.92 Å².